The smallest absolute Gasteiger partial charge is 0.0196 e. The molecule has 1 N–H and O–H groups in total. The molecule has 0 amide bonds. The maximum atomic E-state index is 3.32. The van der Waals surface area contributed by atoms with Crippen molar-refractivity contribution in [3.63, 3.8) is 0 Å². The highest BCUT2D eigenvalue weighted by Gasteiger charge is 2.41. The van der Waals surface area contributed by atoms with Gasteiger partial charge in [0.2, 0.25) is 0 Å². The molecule has 0 spiro atoms. The molecule has 1 fully saturated rings. The average molecular weight is 198 g/mol. The van der Waals surface area contributed by atoms with Crippen LogP contribution in [0.5, 0.6) is 0 Å². The molecule has 1 aliphatic heterocycles. The number of nitrogens with one attached hydrogen (secondary N) is 1. The monoisotopic (exact) mass is 198 g/mol. The van der Waals surface area contributed by atoms with Crippen molar-refractivity contribution in [3.05, 3.63) is 0 Å². The van der Waals surface area contributed by atoms with Crippen LogP contribution in [0.1, 0.15) is 40.5 Å². The minimum atomic E-state index is 0.373. The van der Waals surface area contributed by atoms with Crippen LogP contribution in [0.3, 0.4) is 0 Å². The molecule has 1 heterocycles. The fourth-order valence-corrected chi connectivity index (χ4v) is 2.78. The molecule has 1 aliphatic rings. The van der Waals surface area contributed by atoms with Crippen molar-refractivity contribution in [2.24, 2.45) is 5.92 Å². The minimum absolute atomic E-state index is 0.373. The van der Waals surface area contributed by atoms with E-state index < -0.39 is 0 Å². The predicted molar refractivity (Wildman–Crippen MR) is 62.6 cm³/mol. The Morgan fingerprint density at radius 2 is 2.14 bits per heavy atom. The largest absolute Gasteiger partial charge is 0.319 e. The molecule has 0 radical (unpaired) electrons. The van der Waals surface area contributed by atoms with Crippen molar-refractivity contribution in [1.82, 2.24) is 10.2 Å². The van der Waals surface area contributed by atoms with Crippen molar-refractivity contribution in [2.45, 2.75) is 52.1 Å². The van der Waals surface area contributed by atoms with E-state index in [0.29, 0.717) is 5.54 Å². The fraction of sp³-hybridized carbons (Fsp3) is 1.00. The van der Waals surface area contributed by atoms with E-state index >= 15 is 0 Å². The summed E-state index contributed by atoms with van der Waals surface area (Å²) in [4.78, 5) is 2.68. The molecule has 2 atom stereocenters. The summed E-state index contributed by atoms with van der Waals surface area (Å²) >= 11 is 0. The number of hydrogen-bond acceptors (Lipinski definition) is 2. The zero-order chi connectivity index (χ0) is 10.8. The Morgan fingerprint density at radius 3 is 2.64 bits per heavy atom. The summed E-state index contributed by atoms with van der Waals surface area (Å²) in [5, 5.41) is 3.32. The van der Waals surface area contributed by atoms with Crippen LogP contribution in [0.15, 0.2) is 0 Å². The second-order valence-corrected chi connectivity index (χ2v) is 5.15. The summed E-state index contributed by atoms with van der Waals surface area (Å²) in [7, 11) is 2.06. The van der Waals surface area contributed by atoms with Crippen molar-refractivity contribution in [3.8, 4) is 0 Å². The fourth-order valence-electron chi connectivity index (χ4n) is 2.78. The highest BCUT2D eigenvalue weighted by molar-refractivity contribution is 4.97. The highest BCUT2D eigenvalue weighted by Crippen LogP contribution is 2.36. The predicted octanol–water partition coefficient (Wildman–Crippen LogP) is 2.10. The first kappa shape index (κ1) is 12.0. The number of nitrogens with zero attached hydrogens (tertiary/aromatic N) is 1. The van der Waals surface area contributed by atoms with Crippen LogP contribution in [-0.4, -0.2) is 36.6 Å². The van der Waals surface area contributed by atoms with Crippen molar-refractivity contribution >= 4 is 0 Å². The summed E-state index contributed by atoms with van der Waals surface area (Å²) in [6.45, 7) is 11.9. The first-order valence-corrected chi connectivity index (χ1v) is 5.95. The maximum absolute atomic E-state index is 3.32. The Labute approximate surface area is 89.1 Å². The third kappa shape index (κ3) is 2.12. The van der Waals surface area contributed by atoms with Gasteiger partial charge in [-0.1, -0.05) is 6.92 Å². The average Bonchev–Trinajstić information content (AvgIpc) is 2.42. The Hall–Kier alpha value is -0.0800. The van der Waals surface area contributed by atoms with Crippen molar-refractivity contribution in [2.75, 3.05) is 20.1 Å². The lowest BCUT2D eigenvalue weighted by molar-refractivity contribution is 0.0944. The van der Waals surface area contributed by atoms with Crippen molar-refractivity contribution < 1.29 is 0 Å². The number of hydrogen-bond donors (Lipinski definition) is 1. The maximum Gasteiger partial charge on any atom is 0.0196 e. The van der Waals surface area contributed by atoms with E-state index in [-0.39, 0.29) is 0 Å². The Bertz CT molecular complexity index is 177. The van der Waals surface area contributed by atoms with Gasteiger partial charge in [-0.25, -0.2) is 0 Å². The van der Waals surface area contributed by atoms with Crippen LogP contribution in [0, 0.1) is 5.92 Å². The van der Waals surface area contributed by atoms with Crippen LogP contribution in [0.2, 0.25) is 0 Å². The molecule has 2 nitrogen and oxygen atoms in total. The molecule has 0 aliphatic carbocycles. The molecule has 0 saturated carbocycles. The van der Waals surface area contributed by atoms with E-state index in [1.54, 1.807) is 0 Å². The molecular weight excluding hydrogens is 172 g/mol. The van der Waals surface area contributed by atoms with Gasteiger partial charge >= 0.3 is 0 Å². The standard InChI is InChI=1S/C12H26N2/c1-6-10(2)14-8-7-11(9-13-5)12(14,3)4/h10-11,13H,6-9H2,1-5H3. The van der Waals surface area contributed by atoms with Gasteiger partial charge in [0.25, 0.3) is 0 Å². The van der Waals surface area contributed by atoms with E-state index in [9.17, 15) is 0 Å². The first-order valence-electron chi connectivity index (χ1n) is 5.95. The van der Waals surface area contributed by atoms with E-state index in [1.807, 2.05) is 0 Å². The Morgan fingerprint density at radius 1 is 1.50 bits per heavy atom. The molecule has 0 aromatic heterocycles. The molecule has 2 unspecified atom stereocenters. The summed E-state index contributed by atoms with van der Waals surface area (Å²) in [5.41, 5.74) is 0.373. The van der Waals surface area contributed by atoms with Gasteiger partial charge in [0.05, 0.1) is 0 Å². The van der Waals surface area contributed by atoms with Gasteiger partial charge in [0.15, 0.2) is 0 Å². The first-order chi connectivity index (χ1) is 6.54. The molecule has 84 valence electrons. The Kier molecular flexibility index (Phi) is 3.96. The quantitative estimate of drug-likeness (QED) is 0.744. The molecule has 0 bridgehead atoms. The number of rotatable bonds is 4. The van der Waals surface area contributed by atoms with Crippen LogP contribution in [0.25, 0.3) is 0 Å². The van der Waals surface area contributed by atoms with E-state index in [0.717, 1.165) is 18.5 Å². The zero-order valence-electron chi connectivity index (χ0n) is 10.4. The molecular formula is C12H26N2. The summed E-state index contributed by atoms with van der Waals surface area (Å²) in [5.74, 6) is 0.807. The van der Waals surface area contributed by atoms with E-state index in [1.165, 1.54) is 19.4 Å². The lowest BCUT2D eigenvalue weighted by atomic mass is 9.87. The van der Waals surface area contributed by atoms with E-state index in [4.69, 9.17) is 0 Å². The van der Waals surface area contributed by atoms with Gasteiger partial charge in [-0.05, 0) is 59.7 Å². The lowest BCUT2D eigenvalue weighted by Gasteiger charge is -2.39. The van der Waals surface area contributed by atoms with Crippen LogP contribution < -0.4 is 5.32 Å². The zero-order valence-corrected chi connectivity index (χ0v) is 10.4. The van der Waals surface area contributed by atoms with Gasteiger partial charge < -0.3 is 5.32 Å². The summed E-state index contributed by atoms with van der Waals surface area (Å²) in [6, 6.07) is 0.729. The molecule has 2 heteroatoms. The third-order valence-electron chi connectivity index (χ3n) is 4.03. The SMILES string of the molecule is CCC(C)N1CCC(CNC)C1(C)C. The highest BCUT2D eigenvalue weighted by atomic mass is 15.2. The van der Waals surface area contributed by atoms with Crippen LogP contribution in [-0.2, 0) is 0 Å². The van der Waals surface area contributed by atoms with Gasteiger partial charge in [0, 0.05) is 11.6 Å². The van der Waals surface area contributed by atoms with Crippen molar-refractivity contribution in [1.29, 1.82) is 0 Å². The molecule has 0 aromatic rings. The second-order valence-electron chi connectivity index (χ2n) is 5.15. The van der Waals surface area contributed by atoms with Crippen LogP contribution in [0.4, 0.5) is 0 Å². The lowest BCUT2D eigenvalue weighted by Crippen LogP contribution is -2.48. The molecule has 1 saturated heterocycles. The number of likely N-dealkylation sites (tertiary alicyclic amines) is 1. The van der Waals surface area contributed by atoms with Gasteiger partial charge in [0.1, 0.15) is 0 Å². The Balaban J connectivity index is 2.65. The summed E-state index contributed by atoms with van der Waals surface area (Å²) < 4.78 is 0. The summed E-state index contributed by atoms with van der Waals surface area (Å²) in [6.07, 6.45) is 2.61. The van der Waals surface area contributed by atoms with E-state index in [2.05, 4.69) is 45.0 Å². The van der Waals surface area contributed by atoms with Gasteiger partial charge in [-0.2, -0.15) is 0 Å². The van der Waals surface area contributed by atoms with Gasteiger partial charge in [-0.3, -0.25) is 4.90 Å². The molecule has 14 heavy (non-hydrogen) atoms. The molecule has 1 rings (SSSR count). The minimum Gasteiger partial charge on any atom is -0.319 e. The normalized spacial score (nSPS) is 29.4. The third-order valence-corrected chi connectivity index (χ3v) is 4.03. The molecule has 0 aromatic carbocycles. The second kappa shape index (κ2) is 4.63. The van der Waals surface area contributed by atoms with Crippen LogP contribution >= 0.6 is 0 Å². The topological polar surface area (TPSA) is 15.3 Å². The van der Waals surface area contributed by atoms with Gasteiger partial charge in [-0.15, -0.1) is 0 Å².